The first-order valence-corrected chi connectivity index (χ1v) is 5.58. The van der Waals surface area contributed by atoms with Gasteiger partial charge in [-0.15, -0.1) is 0 Å². The molecular formula is C13H12ClNO2. The van der Waals surface area contributed by atoms with E-state index in [2.05, 4.69) is 0 Å². The third kappa shape index (κ3) is 2.68. The van der Waals surface area contributed by atoms with E-state index in [1.54, 1.807) is 16.7 Å². The first kappa shape index (κ1) is 11.7. The van der Waals surface area contributed by atoms with Gasteiger partial charge in [0, 0.05) is 16.9 Å². The monoisotopic (exact) mass is 249 g/mol. The van der Waals surface area contributed by atoms with Crippen molar-refractivity contribution in [2.24, 2.45) is 0 Å². The average molecular weight is 250 g/mol. The summed E-state index contributed by atoms with van der Waals surface area (Å²) in [5, 5.41) is 9.52. The average Bonchev–Trinajstić information content (AvgIpc) is 2.59. The molecule has 0 amide bonds. The minimum atomic E-state index is -0.851. The first-order chi connectivity index (χ1) is 8.06. The second kappa shape index (κ2) is 4.63. The molecule has 0 saturated heterocycles. The number of hydrogen-bond donors (Lipinski definition) is 1. The van der Waals surface area contributed by atoms with Gasteiger partial charge in [-0.2, -0.15) is 0 Å². The van der Waals surface area contributed by atoms with Crippen LogP contribution in [0.2, 0.25) is 5.02 Å². The Morgan fingerprint density at radius 2 is 2.00 bits per heavy atom. The van der Waals surface area contributed by atoms with E-state index in [0.29, 0.717) is 5.02 Å². The Morgan fingerprint density at radius 1 is 1.35 bits per heavy atom. The molecule has 1 aromatic carbocycles. The number of carboxylic acids is 1. The van der Waals surface area contributed by atoms with E-state index in [1.807, 2.05) is 31.3 Å². The zero-order valence-corrected chi connectivity index (χ0v) is 10.1. The molecule has 2 aromatic rings. The Bertz CT molecular complexity index is 543. The van der Waals surface area contributed by atoms with Gasteiger partial charge in [0.2, 0.25) is 0 Å². The lowest BCUT2D eigenvalue weighted by Crippen LogP contribution is -2.08. The van der Waals surface area contributed by atoms with E-state index < -0.39 is 5.97 Å². The maximum atomic E-state index is 10.8. The molecule has 1 N–H and O–H groups in total. The highest BCUT2D eigenvalue weighted by Gasteiger charge is 2.08. The van der Waals surface area contributed by atoms with E-state index in [0.717, 1.165) is 16.8 Å². The standard InChI is InChI=1S/C13H12ClNO2/c1-9-6-12(15(7-9)8-13(16)17)10-2-4-11(14)5-3-10/h2-7H,8H2,1H3,(H,16,17). The van der Waals surface area contributed by atoms with Crippen LogP contribution < -0.4 is 0 Å². The van der Waals surface area contributed by atoms with Gasteiger partial charge in [0.25, 0.3) is 0 Å². The summed E-state index contributed by atoms with van der Waals surface area (Å²) in [7, 11) is 0. The lowest BCUT2D eigenvalue weighted by Gasteiger charge is -2.06. The molecule has 0 aliphatic heterocycles. The van der Waals surface area contributed by atoms with Crippen LogP contribution in [0.15, 0.2) is 36.5 Å². The number of carboxylic acid groups (broad SMARTS) is 1. The number of aryl methyl sites for hydroxylation is 1. The van der Waals surface area contributed by atoms with Crippen molar-refractivity contribution in [1.82, 2.24) is 4.57 Å². The predicted molar refractivity (Wildman–Crippen MR) is 67.3 cm³/mol. The molecule has 0 aliphatic rings. The number of nitrogens with zero attached hydrogens (tertiary/aromatic N) is 1. The molecule has 0 atom stereocenters. The van der Waals surface area contributed by atoms with E-state index >= 15 is 0 Å². The van der Waals surface area contributed by atoms with Crippen LogP contribution in [-0.2, 0) is 11.3 Å². The highest BCUT2D eigenvalue weighted by Crippen LogP contribution is 2.23. The van der Waals surface area contributed by atoms with Gasteiger partial charge in [-0.1, -0.05) is 23.7 Å². The quantitative estimate of drug-likeness (QED) is 0.908. The van der Waals surface area contributed by atoms with Crippen molar-refractivity contribution in [3.63, 3.8) is 0 Å². The van der Waals surface area contributed by atoms with Crippen molar-refractivity contribution in [3.8, 4) is 11.3 Å². The molecule has 0 spiro atoms. The Balaban J connectivity index is 2.43. The van der Waals surface area contributed by atoms with Gasteiger partial charge < -0.3 is 9.67 Å². The molecule has 1 aromatic heterocycles. The second-order valence-corrected chi connectivity index (χ2v) is 4.37. The highest BCUT2D eigenvalue weighted by atomic mass is 35.5. The van der Waals surface area contributed by atoms with Gasteiger partial charge >= 0.3 is 5.97 Å². The van der Waals surface area contributed by atoms with Crippen molar-refractivity contribution < 1.29 is 9.90 Å². The first-order valence-electron chi connectivity index (χ1n) is 5.21. The number of rotatable bonds is 3. The summed E-state index contributed by atoms with van der Waals surface area (Å²) in [6.07, 6.45) is 1.83. The Labute approximate surface area is 104 Å². The third-order valence-corrected chi connectivity index (χ3v) is 2.73. The fourth-order valence-electron chi connectivity index (χ4n) is 1.80. The summed E-state index contributed by atoms with van der Waals surface area (Å²) in [6, 6.07) is 9.33. The fourth-order valence-corrected chi connectivity index (χ4v) is 1.92. The summed E-state index contributed by atoms with van der Waals surface area (Å²) >= 11 is 5.83. The van der Waals surface area contributed by atoms with Crippen LogP contribution >= 0.6 is 11.6 Å². The van der Waals surface area contributed by atoms with Crippen LogP contribution in [-0.4, -0.2) is 15.6 Å². The molecule has 2 rings (SSSR count). The summed E-state index contributed by atoms with van der Waals surface area (Å²) in [6.45, 7) is 1.91. The van der Waals surface area contributed by atoms with Crippen molar-refractivity contribution in [3.05, 3.63) is 47.1 Å². The van der Waals surface area contributed by atoms with Crippen LogP contribution in [0.25, 0.3) is 11.3 Å². The van der Waals surface area contributed by atoms with Crippen LogP contribution in [0.3, 0.4) is 0 Å². The summed E-state index contributed by atoms with van der Waals surface area (Å²) in [5.41, 5.74) is 2.89. The molecule has 0 radical (unpaired) electrons. The second-order valence-electron chi connectivity index (χ2n) is 3.93. The Hall–Kier alpha value is -1.74. The number of aromatic nitrogens is 1. The molecule has 0 fully saturated rings. The molecule has 0 saturated carbocycles. The maximum Gasteiger partial charge on any atom is 0.323 e. The topological polar surface area (TPSA) is 42.2 Å². The number of carbonyl (C=O) groups is 1. The number of hydrogen-bond acceptors (Lipinski definition) is 1. The zero-order chi connectivity index (χ0) is 12.4. The van der Waals surface area contributed by atoms with Crippen molar-refractivity contribution in [2.45, 2.75) is 13.5 Å². The lowest BCUT2D eigenvalue weighted by atomic mass is 10.1. The van der Waals surface area contributed by atoms with Crippen LogP contribution in [0, 0.1) is 6.92 Å². The predicted octanol–water partition coefficient (Wildman–Crippen LogP) is 3.20. The molecule has 0 unspecified atom stereocenters. The summed E-state index contributed by atoms with van der Waals surface area (Å²) < 4.78 is 1.72. The SMILES string of the molecule is Cc1cc(-c2ccc(Cl)cc2)n(CC(=O)O)c1. The Kier molecular flexibility index (Phi) is 3.20. The normalized spacial score (nSPS) is 10.5. The fraction of sp³-hybridized carbons (Fsp3) is 0.154. The lowest BCUT2D eigenvalue weighted by molar-refractivity contribution is -0.137. The molecule has 0 aliphatic carbocycles. The van der Waals surface area contributed by atoms with Crippen molar-refractivity contribution in [2.75, 3.05) is 0 Å². The molecule has 3 nitrogen and oxygen atoms in total. The summed E-state index contributed by atoms with van der Waals surface area (Å²) in [5.74, 6) is -0.851. The minimum absolute atomic E-state index is 0.0359. The minimum Gasteiger partial charge on any atom is -0.480 e. The van der Waals surface area contributed by atoms with Gasteiger partial charge in [0.1, 0.15) is 6.54 Å². The van der Waals surface area contributed by atoms with Gasteiger partial charge in [0.05, 0.1) is 0 Å². The maximum absolute atomic E-state index is 10.8. The highest BCUT2D eigenvalue weighted by molar-refractivity contribution is 6.30. The van der Waals surface area contributed by atoms with Crippen LogP contribution in [0.5, 0.6) is 0 Å². The van der Waals surface area contributed by atoms with Gasteiger partial charge in [0.15, 0.2) is 0 Å². The third-order valence-electron chi connectivity index (χ3n) is 2.48. The zero-order valence-electron chi connectivity index (χ0n) is 9.35. The van der Waals surface area contributed by atoms with Crippen LogP contribution in [0.4, 0.5) is 0 Å². The van der Waals surface area contributed by atoms with E-state index in [1.165, 1.54) is 0 Å². The van der Waals surface area contributed by atoms with E-state index in [-0.39, 0.29) is 6.54 Å². The molecule has 0 bridgehead atoms. The largest absolute Gasteiger partial charge is 0.480 e. The Morgan fingerprint density at radius 3 is 2.59 bits per heavy atom. The van der Waals surface area contributed by atoms with E-state index in [9.17, 15) is 4.79 Å². The van der Waals surface area contributed by atoms with Crippen molar-refractivity contribution in [1.29, 1.82) is 0 Å². The van der Waals surface area contributed by atoms with Gasteiger partial charge in [-0.25, -0.2) is 0 Å². The summed E-state index contributed by atoms with van der Waals surface area (Å²) in [4.78, 5) is 10.8. The molecule has 17 heavy (non-hydrogen) atoms. The van der Waals surface area contributed by atoms with Crippen molar-refractivity contribution >= 4 is 17.6 Å². The number of benzene rings is 1. The molecule has 88 valence electrons. The molecule has 1 heterocycles. The number of aliphatic carboxylic acids is 1. The van der Waals surface area contributed by atoms with Gasteiger partial charge in [-0.3, -0.25) is 4.79 Å². The van der Waals surface area contributed by atoms with E-state index in [4.69, 9.17) is 16.7 Å². The number of halogens is 1. The van der Waals surface area contributed by atoms with Crippen LogP contribution in [0.1, 0.15) is 5.56 Å². The smallest absolute Gasteiger partial charge is 0.323 e. The molecule has 4 heteroatoms. The molecular weight excluding hydrogens is 238 g/mol. The van der Waals surface area contributed by atoms with Gasteiger partial charge in [-0.05, 0) is 36.2 Å².